The molecule has 0 amide bonds. The number of hydrogen-bond acceptors (Lipinski definition) is 2. The second kappa shape index (κ2) is 6.77. The highest BCUT2D eigenvalue weighted by Crippen LogP contribution is 2.31. The van der Waals surface area contributed by atoms with E-state index in [-0.39, 0.29) is 5.92 Å². The minimum atomic E-state index is -0.478. The van der Waals surface area contributed by atoms with Crippen LogP contribution in [0.15, 0.2) is 79.0 Å². The van der Waals surface area contributed by atoms with E-state index in [4.69, 9.17) is 0 Å². The normalized spacial score (nSPS) is 12.2. The third-order valence-electron chi connectivity index (χ3n) is 4.40. The molecule has 1 unspecified atom stereocenters. The van der Waals surface area contributed by atoms with E-state index in [1.54, 1.807) is 12.1 Å². The van der Waals surface area contributed by atoms with Gasteiger partial charge in [0.2, 0.25) is 5.95 Å². The van der Waals surface area contributed by atoms with Crippen molar-refractivity contribution >= 4 is 16.7 Å². The first-order valence-corrected chi connectivity index (χ1v) is 8.28. The highest BCUT2D eigenvalue weighted by atomic mass is 19.1. The lowest BCUT2D eigenvalue weighted by Crippen LogP contribution is -2.14. The molecule has 0 aliphatic heterocycles. The first-order chi connectivity index (χ1) is 12.3. The van der Waals surface area contributed by atoms with Crippen molar-refractivity contribution in [1.82, 2.24) is 9.97 Å². The Balaban J connectivity index is 1.70. The second-order valence-corrected chi connectivity index (χ2v) is 5.98. The quantitative estimate of drug-likeness (QED) is 0.508. The van der Waals surface area contributed by atoms with Crippen LogP contribution in [-0.4, -0.2) is 16.5 Å². The van der Waals surface area contributed by atoms with E-state index in [1.165, 1.54) is 22.6 Å². The highest BCUT2D eigenvalue weighted by Gasteiger charge is 2.18. The lowest BCUT2D eigenvalue weighted by Gasteiger charge is -2.18. The zero-order valence-corrected chi connectivity index (χ0v) is 13.6. The van der Waals surface area contributed by atoms with E-state index < -0.39 is 5.95 Å². The van der Waals surface area contributed by atoms with Crippen LogP contribution in [0.2, 0.25) is 0 Å². The number of fused-ring (bicyclic) bond motifs is 1. The molecular weight excluding hydrogens is 313 g/mol. The number of aromatic nitrogens is 2. The first kappa shape index (κ1) is 15.4. The molecular formula is C21H18FN3. The number of halogens is 1. The van der Waals surface area contributed by atoms with E-state index in [9.17, 15) is 4.39 Å². The molecule has 4 rings (SSSR count). The maximum Gasteiger partial charge on any atom is 0.214 e. The van der Waals surface area contributed by atoms with Crippen LogP contribution in [0.5, 0.6) is 0 Å². The van der Waals surface area contributed by atoms with Crippen molar-refractivity contribution in [2.45, 2.75) is 5.92 Å². The van der Waals surface area contributed by atoms with Crippen LogP contribution in [0.25, 0.3) is 10.9 Å². The molecule has 0 radical (unpaired) electrons. The number of benzene rings is 2. The van der Waals surface area contributed by atoms with Gasteiger partial charge < -0.3 is 10.3 Å². The maximum absolute atomic E-state index is 13.3. The summed E-state index contributed by atoms with van der Waals surface area (Å²) in [5, 5.41) is 4.47. The van der Waals surface area contributed by atoms with Crippen molar-refractivity contribution in [2.24, 2.45) is 0 Å². The molecule has 0 bridgehead atoms. The Hall–Kier alpha value is -3.14. The van der Waals surface area contributed by atoms with Gasteiger partial charge >= 0.3 is 0 Å². The van der Waals surface area contributed by atoms with Gasteiger partial charge in [0.25, 0.3) is 0 Å². The van der Waals surface area contributed by atoms with E-state index in [0.717, 1.165) is 5.52 Å². The Morgan fingerprint density at radius 1 is 0.920 bits per heavy atom. The molecule has 4 heteroatoms. The van der Waals surface area contributed by atoms with Gasteiger partial charge in [0.05, 0.1) is 0 Å². The van der Waals surface area contributed by atoms with Gasteiger partial charge in [0.1, 0.15) is 5.82 Å². The monoisotopic (exact) mass is 331 g/mol. The van der Waals surface area contributed by atoms with Gasteiger partial charge in [-0.1, -0.05) is 54.6 Å². The summed E-state index contributed by atoms with van der Waals surface area (Å²) in [4.78, 5) is 7.24. The Morgan fingerprint density at radius 3 is 2.56 bits per heavy atom. The molecule has 0 saturated carbocycles. The summed E-state index contributed by atoms with van der Waals surface area (Å²) in [6.07, 6.45) is 2.06. The zero-order chi connectivity index (χ0) is 17.1. The van der Waals surface area contributed by atoms with Crippen LogP contribution in [0, 0.1) is 5.95 Å². The molecule has 0 fully saturated rings. The van der Waals surface area contributed by atoms with Crippen LogP contribution < -0.4 is 5.32 Å². The van der Waals surface area contributed by atoms with Crippen LogP contribution in [0.4, 0.5) is 10.2 Å². The number of nitrogens with zero attached hydrogens (tertiary/aromatic N) is 1. The van der Waals surface area contributed by atoms with Gasteiger partial charge in [0, 0.05) is 29.6 Å². The molecule has 124 valence electrons. The minimum absolute atomic E-state index is 0.127. The summed E-state index contributed by atoms with van der Waals surface area (Å²) in [7, 11) is 0. The predicted octanol–water partition coefficient (Wildman–Crippen LogP) is 4.95. The fourth-order valence-electron chi connectivity index (χ4n) is 3.19. The molecule has 0 spiro atoms. The average Bonchev–Trinajstić information content (AvgIpc) is 3.07. The van der Waals surface area contributed by atoms with E-state index >= 15 is 0 Å². The van der Waals surface area contributed by atoms with Gasteiger partial charge in [-0.25, -0.2) is 4.98 Å². The smallest absolute Gasteiger partial charge is 0.214 e. The van der Waals surface area contributed by atoms with Crippen LogP contribution in [0.1, 0.15) is 17.0 Å². The third kappa shape index (κ3) is 3.24. The summed E-state index contributed by atoms with van der Waals surface area (Å²) in [6.45, 7) is 0.627. The summed E-state index contributed by atoms with van der Waals surface area (Å²) >= 11 is 0. The highest BCUT2D eigenvalue weighted by molar-refractivity contribution is 5.84. The number of anilines is 1. The first-order valence-electron chi connectivity index (χ1n) is 8.28. The molecule has 0 aliphatic rings. The summed E-state index contributed by atoms with van der Waals surface area (Å²) in [5.41, 5.74) is 3.53. The van der Waals surface area contributed by atoms with Crippen molar-refractivity contribution < 1.29 is 4.39 Å². The largest absolute Gasteiger partial charge is 0.369 e. The molecule has 25 heavy (non-hydrogen) atoms. The van der Waals surface area contributed by atoms with Crippen molar-refractivity contribution in [3.05, 3.63) is 96.1 Å². The SMILES string of the molecule is Fc1cccc(NCC(c2ccccc2)c2c[nH]c3ccccc23)n1. The fourth-order valence-corrected chi connectivity index (χ4v) is 3.19. The van der Waals surface area contributed by atoms with Crippen molar-refractivity contribution in [3.63, 3.8) is 0 Å². The number of H-pyrrole nitrogens is 1. The predicted molar refractivity (Wildman–Crippen MR) is 99.3 cm³/mol. The number of nitrogens with one attached hydrogen (secondary N) is 2. The van der Waals surface area contributed by atoms with Crippen LogP contribution in [-0.2, 0) is 0 Å². The molecule has 0 saturated heterocycles. The Kier molecular flexibility index (Phi) is 4.17. The number of pyridine rings is 1. The van der Waals surface area contributed by atoms with Crippen LogP contribution >= 0.6 is 0 Å². The number of rotatable bonds is 5. The molecule has 0 aliphatic carbocycles. The lowest BCUT2D eigenvalue weighted by molar-refractivity contribution is 0.585. The topological polar surface area (TPSA) is 40.7 Å². The van der Waals surface area contributed by atoms with E-state index in [1.807, 2.05) is 30.3 Å². The maximum atomic E-state index is 13.3. The molecule has 2 heterocycles. The lowest BCUT2D eigenvalue weighted by atomic mass is 9.91. The summed E-state index contributed by atoms with van der Waals surface area (Å²) in [5.74, 6) is 0.191. The molecule has 1 atom stereocenters. The minimum Gasteiger partial charge on any atom is -0.369 e. The van der Waals surface area contributed by atoms with Crippen molar-refractivity contribution in [3.8, 4) is 0 Å². The van der Waals surface area contributed by atoms with Gasteiger partial charge in [-0.3, -0.25) is 0 Å². The number of para-hydroxylation sites is 1. The van der Waals surface area contributed by atoms with Crippen LogP contribution in [0.3, 0.4) is 0 Å². The van der Waals surface area contributed by atoms with Crippen molar-refractivity contribution in [1.29, 1.82) is 0 Å². The molecule has 2 aromatic heterocycles. The van der Waals surface area contributed by atoms with E-state index in [0.29, 0.717) is 12.4 Å². The van der Waals surface area contributed by atoms with E-state index in [2.05, 4.69) is 45.7 Å². The Bertz CT molecular complexity index is 979. The second-order valence-electron chi connectivity index (χ2n) is 5.98. The average molecular weight is 331 g/mol. The number of hydrogen-bond donors (Lipinski definition) is 2. The van der Waals surface area contributed by atoms with Gasteiger partial charge in [-0.15, -0.1) is 0 Å². The summed E-state index contributed by atoms with van der Waals surface area (Å²) in [6, 6.07) is 23.4. The Morgan fingerprint density at radius 2 is 1.72 bits per heavy atom. The fraction of sp³-hybridized carbons (Fsp3) is 0.0952. The standard InChI is InChI=1S/C21H18FN3/c22-20-11-6-12-21(25-20)24-13-17(15-7-2-1-3-8-15)18-14-23-19-10-5-4-9-16(18)19/h1-12,14,17,23H,13H2,(H,24,25). The molecule has 2 aromatic carbocycles. The van der Waals surface area contributed by atoms with Gasteiger partial charge in [-0.05, 0) is 29.3 Å². The van der Waals surface area contributed by atoms with Crippen molar-refractivity contribution in [2.75, 3.05) is 11.9 Å². The molecule has 2 N–H and O–H groups in total. The molecule has 3 nitrogen and oxygen atoms in total. The zero-order valence-electron chi connectivity index (χ0n) is 13.6. The van der Waals surface area contributed by atoms with Gasteiger partial charge in [-0.2, -0.15) is 4.39 Å². The summed E-state index contributed by atoms with van der Waals surface area (Å²) < 4.78 is 13.3. The number of aromatic amines is 1. The van der Waals surface area contributed by atoms with Gasteiger partial charge in [0.15, 0.2) is 0 Å². The third-order valence-corrected chi connectivity index (χ3v) is 4.40. The Labute approximate surface area is 145 Å². The molecule has 4 aromatic rings.